The van der Waals surface area contributed by atoms with E-state index in [1.807, 2.05) is 12.2 Å². The van der Waals surface area contributed by atoms with E-state index in [9.17, 15) is 4.79 Å². The van der Waals surface area contributed by atoms with Crippen LogP contribution in [0.4, 0.5) is 0 Å². The minimum Gasteiger partial charge on any atom is -0.464 e. The molecule has 82 valence electrons. The number of aryl methyl sites for hydroxylation is 1. The van der Waals surface area contributed by atoms with E-state index < -0.39 is 0 Å². The standard InChI is InChI=1S/C10H14N2O2S/c1-12-9(10(13)14-2)8(7-11-12)5-3-4-6-15/h3,5,7,15H,4,6H2,1-2H3. The van der Waals surface area contributed by atoms with Crippen molar-refractivity contribution in [2.75, 3.05) is 12.9 Å². The lowest BCUT2D eigenvalue weighted by Gasteiger charge is -2.00. The van der Waals surface area contributed by atoms with Gasteiger partial charge in [-0.15, -0.1) is 0 Å². The third-order valence-electron chi connectivity index (χ3n) is 1.94. The van der Waals surface area contributed by atoms with Gasteiger partial charge in [-0.05, 0) is 12.2 Å². The Balaban J connectivity index is 2.93. The van der Waals surface area contributed by atoms with Crippen LogP contribution >= 0.6 is 12.6 Å². The summed E-state index contributed by atoms with van der Waals surface area (Å²) in [4.78, 5) is 11.4. The Bertz CT molecular complexity index is 371. The zero-order valence-corrected chi connectivity index (χ0v) is 9.70. The van der Waals surface area contributed by atoms with Crippen LogP contribution < -0.4 is 0 Å². The van der Waals surface area contributed by atoms with Crippen molar-refractivity contribution in [2.24, 2.45) is 7.05 Å². The van der Waals surface area contributed by atoms with E-state index >= 15 is 0 Å². The lowest BCUT2D eigenvalue weighted by molar-refractivity contribution is 0.0588. The van der Waals surface area contributed by atoms with Gasteiger partial charge in [0.05, 0.1) is 13.3 Å². The Morgan fingerprint density at radius 2 is 2.47 bits per heavy atom. The van der Waals surface area contributed by atoms with E-state index in [1.54, 1.807) is 13.2 Å². The van der Waals surface area contributed by atoms with Crippen molar-refractivity contribution in [3.05, 3.63) is 23.5 Å². The normalized spacial score (nSPS) is 10.9. The smallest absolute Gasteiger partial charge is 0.356 e. The number of esters is 1. The number of carbonyl (C=O) groups excluding carboxylic acids is 1. The molecule has 0 radical (unpaired) electrons. The average Bonchev–Trinajstić information content (AvgIpc) is 2.59. The highest BCUT2D eigenvalue weighted by molar-refractivity contribution is 7.80. The molecule has 1 aromatic rings. The molecule has 15 heavy (non-hydrogen) atoms. The van der Waals surface area contributed by atoms with E-state index in [-0.39, 0.29) is 5.97 Å². The summed E-state index contributed by atoms with van der Waals surface area (Å²) in [5, 5.41) is 4.01. The molecule has 0 aromatic carbocycles. The second-order valence-corrected chi connectivity index (χ2v) is 3.43. The van der Waals surface area contributed by atoms with E-state index in [2.05, 4.69) is 22.5 Å². The van der Waals surface area contributed by atoms with E-state index in [0.29, 0.717) is 5.69 Å². The van der Waals surface area contributed by atoms with Gasteiger partial charge in [0.25, 0.3) is 0 Å². The summed E-state index contributed by atoms with van der Waals surface area (Å²) in [6.07, 6.45) is 6.31. The van der Waals surface area contributed by atoms with Gasteiger partial charge in [-0.1, -0.05) is 12.2 Å². The SMILES string of the molecule is COC(=O)c1c(C=CCCS)cnn1C. The average molecular weight is 226 g/mol. The first-order chi connectivity index (χ1) is 7.20. The van der Waals surface area contributed by atoms with E-state index in [1.165, 1.54) is 11.8 Å². The third-order valence-corrected chi connectivity index (χ3v) is 2.20. The molecule has 0 atom stereocenters. The summed E-state index contributed by atoms with van der Waals surface area (Å²) in [6, 6.07) is 0. The highest BCUT2D eigenvalue weighted by atomic mass is 32.1. The van der Waals surface area contributed by atoms with Gasteiger partial charge in [-0.25, -0.2) is 4.79 Å². The van der Waals surface area contributed by atoms with Gasteiger partial charge in [0.2, 0.25) is 0 Å². The Labute approximate surface area is 94.3 Å². The van der Waals surface area contributed by atoms with Crippen LogP contribution in [0.15, 0.2) is 12.3 Å². The molecule has 0 aliphatic heterocycles. The molecule has 0 aliphatic carbocycles. The van der Waals surface area contributed by atoms with Gasteiger partial charge in [-0.3, -0.25) is 4.68 Å². The minimum absolute atomic E-state index is 0.375. The molecule has 0 unspecified atom stereocenters. The quantitative estimate of drug-likeness (QED) is 0.625. The molecule has 0 fully saturated rings. The van der Waals surface area contributed by atoms with Crippen molar-refractivity contribution in [1.29, 1.82) is 0 Å². The number of carbonyl (C=O) groups is 1. The second kappa shape index (κ2) is 5.60. The first-order valence-electron chi connectivity index (χ1n) is 4.58. The molecular formula is C10H14N2O2S. The van der Waals surface area contributed by atoms with Crippen molar-refractivity contribution >= 4 is 24.7 Å². The first kappa shape index (κ1) is 11.8. The van der Waals surface area contributed by atoms with Crippen molar-refractivity contribution in [1.82, 2.24) is 9.78 Å². The fraction of sp³-hybridized carbons (Fsp3) is 0.400. The summed E-state index contributed by atoms with van der Waals surface area (Å²) < 4.78 is 6.18. The number of hydrogen-bond donors (Lipinski definition) is 1. The van der Waals surface area contributed by atoms with Crippen LogP contribution in [0.3, 0.4) is 0 Å². The molecular weight excluding hydrogens is 212 g/mol. The summed E-state index contributed by atoms with van der Waals surface area (Å²) in [5.41, 5.74) is 1.24. The van der Waals surface area contributed by atoms with Gasteiger partial charge in [0, 0.05) is 12.6 Å². The molecule has 1 aromatic heterocycles. The number of methoxy groups -OCH3 is 1. The highest BCUT2D eigenvalue weighted by Gasteiger charge is 2.14. The fourth-order valence-corrected chi connectivity index (χ4v) is 1.36. The van der Waals surface area contributed by atoms with Crippen molar-refractivity contribution < 1.29 is 9.53 Å². The number of hydrogen-bond acceptors (Lipinski definition) is 4. The number of aromatic nitrogens is 2. The Morgan fingerprint density at radius 1 is 1.73 bits per heavy atom. The summed E-state index contributed by atoms with van der Waals surface area (Å²) >= 11 is 4.09. The van der Waals surface area contributed by atoms with Crippen LogP contribution in [-0.4, -0.2) is 28.6 Å². The molecule has 0 aliphatic rings. The number of nitrogens with zero attached hydrogens (tertiary/aromatic N) is 2. The molecule has 0 amide bonds. The maximum atomic E-state index is 11.4. The molecule has 0 saturated carbocycles. The monoisotopic (exact) mass is 226 g/mol. The zero-order valence-electron chi connectivity index (χ0n) is 8.80. The maximum absolute atomic E-state index is 11.4. The fourth-order valence-electron chi connectivity index (χ4n) is 1.21. The van der Waals surface area contributed by atoms with Crippen molar-refractivity contribution in [2.45, 2.75) is 6.42 Å². The lowest BCUT2D eigenvalue weighted by Crippen LogP contribution is -2.09. The molecule has 4 nitrogen and oxygen atoms in total. The molecule has 0 spiro atoms. The van der Waals surface area contributed by atoms with Crippen LogP contribution in [0.2, 0.25) is 0 Å². The number of ether oxygens (including phenoxy) is 1. The van der Waals surface area contributed by atoms with Crippen molar-refractivity contribution in [3.8, 4) is 0 Å². The number of thiol groups is 1. The highest BCUT2D eigenvalue weighted by Crippen LogP contribution is 2.11. The van der Waals surface area contributed by atoms with Crippen LogP contribution in [0.1, 0.15) is 22.5 Å². The Morgan fingerprint density at radius 3 is 3.07 bits per heavy atom. The van der Waals surface area contributed by atoms with Gasteiger partial charge in [0.15, 0.2) is 5.69 Å². The molecule has 0 bridgehead atoms. The van der Waals surface area contributed by atoms with E-state index in [0.717, 1.165) is 17.7 Å². The van der Waals surface area contributed by atoms with Crippen LogP contribution in [0.5, 0.6) is 0 Å². The molecule has 0 N–H and O–H groups in total. The number of allylic oxidation sites excluding steroid dienone is 1. The van der Waals surface area contributed by atoms with E-state index in [4.69, 9.17) is 0 Å². The van der Waals surface area contributed by atoms with Crippen molar-refractivity contribution in [3.63, 3.8) is 0 Å². The number of rotatable bonds is 4. The summed E-state index contributed by atoms with van der Waals surface area (Å²) in [6.45, 7) is 0. The largest absolute Gasteiger partial charge is 0.464 e. The summed E-state index contributed by atoms with van der Waals surface area (Å²) in [5.74, 6) is 0.408. The predicted octanol–water partition coefficient (Wildman–Crippen LogP) is 1.54. The van der Waals surface area contributed by atoms with Gasteiger partial charge < -0.3 is 4.74 Å². The Kier molecular flexibility index (Phi) is 4.42. The topological polar surface area (TPSA) is 44.1 Å². The zero-order chi connectivity index (χ0) is 11.3. The van der Waals surface area contributed by atoms with Gasteiger partial charge in [0.1, 0.15) is 0 Å². The maximum Gasteiger partial charge on any atom is 0.356 e. The molecule has 0 saturated heterocycles. The van der Waals surface area contributed by atoms with Gasteiger partial charge >= 0.3 is 5.97 Å². The van der Waals surface area contributed by atoms with Gasteiger partial charge in [-0.2, -0.15) is 17.7 Å². The third kappa shape index (κ3) is 2.86. The Hall–Kier alpha value is -1.23. The lowest BCUT2D eigenvalue weighted by atomic mass is 10.2. The minimum atomic E-state index is -0.375. The van der Waals surface area contributed by atoms with Crippen LogP contribution in [-0.2, 0) is 11.8 Å². The summed E-state index contributed by atoms with van der Waals surface area (Å²) in [7, 11) is 3.07. The predicted molar refractivity (Wildman–Crippen MR) is 62.1 cm³/mol. The molecule has 1 heterocycles. The van der Waals surface area contributed by atoms with Crippen LogP contribution in [0, 0.1) is 0 Å². The van der Waals surface area contributed by atoms with Crippen LogP contribution in [0.25, 0.3) is 6.08 Å². The first-order valence-corrected chi connectivity index (χ1v) is 5.21. The molecule has 1 rings (SSSR count). The molecule has 5 heteroatoms. The second-order valence-electron chi connectivity index (χ2n) is 2.98.